The third kappa shape index (κ3) is 4.34. The molecule has 1 atom stereocenters. The molecule has 0 aliphatic carbocycles. The molecule has 3 aromatic carbocycles. The van der Waals surface area contributed by atoms with Crippen molar-refractivity contribution in [1.29, 1.82) is 0 Å². The molecule has 0 saturated carbocycles. The second kappa shape index (κ2) is 9.11. The van der Waals surface area contributed by atoms with Gasteiger partial charge in [-0.3, -0.25) is 0 Å². The summed E-state index contributed by atoms with van der Waals surface area (Å²) in [6, 6.07) is 12.0. The Balaban J connectivity index is 2.11. The first-order chi connectivity index (χ1) is 16.7. The van der Waals surface area contributed by atoms with Crippen molar-refractivity contribution in [2.24, 2.45) is 0 Å². The van der Waals surface area contributed by atoms with Crippen molar-refractivity contribution in [2.45, 2.75) is 24.1 Å². The van der Waals surface area contributed by atoms with Crippen molar-refractivity contribution in [3.63, 3.8) is 0 Å². The molecule has 0 bridgehead atoms. The molecule has 2 N–H and O–H groups in total. The fourth-order valence-corrected chi connectivity index (χ4v) is 6.14. The van der Waals surface area contributed by atoms with Crippen molar-refractivity contribution >= 4 is 50.1 Å². The van der Waals surface area contributed by atoms with Gasteiger partial charge < -0.3 is 10.2 Å². The van der Waals surface area contributed by atoms with Gasteiger partial charge in [0.15, 0.2) is 0 Å². The van der Waals surface area contributed by atoms with Gasteiger partial charge in [-0.25, -0.2) is 17.2 Å². The Morgan fingerprint density at radius 3 is 2.25 bits per heavy atom. The molecule has 12 heteroatoms. The number of aryl methyl sites for hydroxylation is 1. The lowest BCUT2D eigenvalue weighted by Gasteiger charge is -2.19. The normalized spacial score (nSPS) is 13.2. The largest absolute Gasteiger partial charge is 0.478 e. The Morgan fingerprint density at radius 2 is 1.67 bits per heavy atom. The zero-order valence-corrected chi connectivity index (χ0v) is 20.5. The number of halogens is 5. The van der Waals surface area contributed by atoms with Crippen molar-refractivity contribution < 1.29 is 36.6 Å². The Labute approximate surface area is 213 Å². The molecule has 188 valence electrons. The van der Waals surface area contributed by atoms with E-state index in [1.807, 2.05) is 0 Å². The first kappa shape index (κ1) is 26.0. The summed E-state index contributed by atoms with van der Waals surface area (Å²) < 4.78 is 68.8. The van der Waals surface area contributed by atoms with Crippen LogP contribution in [0.3, 0.4) is 0 Å². The molecule has 1 heterocycles. The SMILES string of the molecule is Cc1cc(C(F)(F)F)cc2c1cc(C(O)c1c(Cl)ccc(C(=O)O)c1Cl)n2S(=O)(=O)c1ccccc1. The molecule has 4 rings (SSSR count). The Bertz CT molecular complexity index is 1620. The fraction of sp³-hybridized carbons (Fsp3) is 0.125. The molecular formula is C24H16Cl2F3NO5S. The summed E-state index contributed by atoms with van der Waals surface area (Å²) in [5, 5.41) is 20.2. The van der Waals surface area contributed by atoms with E-state index in [0.717, 1.165) is 12.1 Å². The molecule has 0 aliphatic rings. The minimum atomic E-state index is -4.77. The van der Waals surface area contributed by atoms with Crippen LogP contribution >= 0.6 is 23.2 Å². The third-order valence-corrected chi connectivity index (χ3v) is 8.12. The lowest BCUT2D eigenvalue weighted by molar-refractivity contribution is -0.137. The maximum atomic E-state index is 13.7. The summed E-state index contributed by atoms with van der Waals surface area (Å²) in [6.45, 7) is 1.37. The molecule has 36 heavy (non-hydrogen) atoms. The van der Waals surface area contributed by atoms with E-state index in [1.165, 1.54) is 43.3 Å². The summed E-state index contributed by atoms with van der Waals surface area (Å²) in [5.74, 6) is -1.42. The second-order valence-electron chi connectivity index (χ2n) is 7.91. The highest BCUT2D eigenvalue weighted by Crippen LogP contribution is 2.41. The molecule has 0 fully saturated rings. The maximum Gasteiger partial charge on any atom is 0.416 e. The van der Waals surface area contributed by atoms with Gasteiger partial charge in [-0.15, -0.1) is 0 Å². The van der Waals surface area contributed by atoms with E-state index in [-0.39, 0.29) is 37.6 Å². The number of hydrogen-bond donors (Lipinski definition) is 2. The number of rotatable bonds is 5. The van der Waals surface area contributed by atoms with Gasteiger partial charge in [-0.2, -0.15) is 13.2 Å². The molecule has 0 radical (unpaired) electrons. The van der Waals surface area contributed by atoms with Crippen LogP contribution < -0.4 is 0 Å². The Hall–Kier alpha value is -3.05. The van der Waals surface area contributed by atoms with E-state index >= 15 is 0 Å². The maximum absolute atomic E-state index is 13.7. The lowest BCUT2D eigenvalue weighted by Crippen LogP contribution is -2.19. The van der Waals surface area contributed by atoms with Gasteiger partial charge >= 0.3 is 12.1 Å². The monoisotopic (exact) mass is 557 g/mol. The van der Waals surface area contributed by atoms with Gasteiger partial charge in [0.05, 0.1) is 32.3 Å². The summed E-state index contributed by atoms with van der Waals surface area (Å²) in [4.78, 5) is 11.3. The van der Waals surface area contributed by atoms with Crippen molar-refractivity contribution in [2.75, 3.05) is 0 Å². The smallest absolute Gasteiger partial charge is 0.416 e. The van der Waals surface area contributed by atoms with Gasteiger partial charge in [0.25, 0.3) is 10.0 Å². The van der Waals surface area contributed by atoms with Crippen LogP contribution in [-0.4, -0.2) is 28.6 Å². The summed E-state index contributed by atoms with van der Waals surface area (Å²) in [6.07, 6.45) is -6.69. The first-order valence-corrected chi connectivity index (χ1v) is 12.4. The van der Waals surface area contributed by atoms with Crippen LogP contribution in [0.5, 0.6) is 0 Å². The fourth-order valence-electron chi connectivity index (χ4n) is 3.93. The van der Waals surface area contributed by atoms with Crippen LogP contribution in [0.25, 0.3) is 10.9 Å². The topological polar surface area (TPSA) is 96.6 Å². The molecule has 0 amide bonds. The number of aliphatic hydroxyl groups excluding tert-OH is 1. The average Bonchev–Trinajstić information content (AvgIpc) is 3.20. The molecule has 0 aliphatic heterocycles. The molecule has 1 aromatic heterocycles. The number of fused-ring (bicyclic) bond motifs is 1. The van der Waals surface area contributed by atoms with Crippen LogP contribution in [0.1, 0.15) is 38.8 Å². The Morgan fingerprint density at radius 1 is 1.03 bits per heavy atom. The quantitative estimate of drug-likeness (QED) is 0.300. The van der Waals surface area contributed by atoms with Gasteiger partial charge in [0.1, 0.15) is 6.10 Å². The standard InChI is InChI=1S/C24H16Cl2F3NO5S/c1-12-9-13(24(27,28)29)10-18-16(12)11-19(30(18)36(34,35)14-5-3-2-4-6-14)22(31)20-17(25)8-7-15(21(20)26)23(32)33/h2-11,22,31H,1H3,(H,32,33). The van der Waals surface area contributed by atoms with E-state index in [4.69, 9.17) is 23.2 Å². The zero-order valence-electron chi connectivity index (χ0n) is 18.2. The number of alkyl halides is 3. The molecule has 4 aromatic rings. The average molecular weight is 558 g/mol. The third-order valence-electron chi connectivity index (χ3n) is 5.63. The molecule has 1 unspecified atom stereocenters. The van der Waals surface area contributed by atoms with Gasteiger partial charge in [0.2, 0.25) is 0 Å². The minimum absolute atomic E-state index is 0.103. The predicted octanol–water partition coefficient (Wildman–Crippen LogP) is 6.29. The number of carboxylic acids is 1. The zero-order chi connectivity index (χ0) is 26.6. The Kier molecular flexibility index (Phi) is 6.59. The van der Waals surface area contributed by atoms with Gasteiger partial charge in [0, 0.05) is 16.0 Å². The van der Waals surface area contributed by atoms with Crippen LogP contribution in [-0.2, 0) is 16.2 Å². The van der Waals surface area contributed by atoms with E-state index in [2.05, 4.69) is 0 Å². The van der Waals surface area contributed by atoms with Crippen LogP contribution in [0.4, 0.5) is 13.2 Å². The van der Waals surface area contributed by atoms with Crippen LogP contribution in [0.15, 0.2) is 65.6 Å². The molecule has 0 spiro atoms. The molecular weight excluding hydrogens is 542 g/mol. The number of nitrogens with zero attached hydrogens (tertiary/aromatic N) is 1. The summed E-state index contributed by atoms with van der Waals surface area (Å²) >= 11 is 12.4. The summed E-state index contributed by atoms with van der Waals surface area (Å²) in [5.41, 5.74) is -2.39. The van der Waals surface area contributed by atoms with Crippen molar-refractivity contribution in [1.82, 2.24) is 3.97 Å². The van der Waals surface area contributed by atoms with Crippen LogP contribution in [0, 0.1) is 6.92 Å². The second-order valence-corrected chi connectivity index (χ2v) is 10.5. The predicted molar refractivity (Wildman–Crippen MR) is 128 cm³/mol. The summed E-state index contributed by atoms with van der Waals surface area (Å²) in [7, 11) is -4.55. The highest BCUT2D eigenvalue weighted by Gasteiger charge is 2.35. The number of benzene rings is 3. The lowest BCUT2D eigenvalue weighted by atomic mass is 10.0. The van der Waals surface area contributed by atoms with Crippen molar-refractivity contribution in [3.05, 3.63) is 98.7 Å². The number of carbonyl (C=O) groups is 1. The molecule has 6 nitrogen and oxygen atoms in total. The number of aliphatic hydroxyl groups is 1. The van der Waals surface area contributed by atoms with Gasteiger partial charge in [-0.1, -0.05) is 41.4 Å². The van der Waals surface area contributed by atoms with E-state index in [0.29, 0.717) is 10.0 Å². The number of carboxylic acid groups (broad SMARTS) is 1. The number of hydrogen-bond acceptors (Lipinski definition) is 4. The highest BCUT2D eigenvalue weighted by molar-refractivity contribution is 7.90. The van der Waals surface area contributed by atoms with Gasteiger partial charge in [-0.05, 0) is 55.0 Å². The molecule has 0 saturated heterocycles. The van der Waals surface area contributed by atoms with E-state index in [1.54, 1.807) is 6.07 Å². The highest BCUT2D eigenvalue weighted by atomic mass is 35.5. The first-order valence-electron chi connectivity index (χ1n) is 10.2. The van der Waals surface area contributed by atoms with E-state index < -0.39 is 44.4 Å². The number of aromatic nitrogens is 1. The van der Waals surface area contributed by atoms with Crippen molar-refractivity contribution in [3.8, 4) is 0 Å². The van der Waals surface area contributed by atoms with Crippen LogP contribution in [0.2, 0.25) is 10.0 Å². The van der Waals surface area contributed by atoms with E-state index in [9.17, 15) is 36.6 Å². The minimum Gasteiger partial charge on any atom is -0.478 e. The number of aromatic carboxylic acids is 1.